The molecule has 0 atom stereocenters. The first-order valence-corrected chi connectivity index (χ1v) is 13.0. The number of morpholine rings is 1. The van der Waals surface area contributed by atoms with Gasteiger partial charge in [0.25, 0.3) is 0 Å². The number of nitrogens with zero attached hydrogens (tertiary/aromatic N) is 2. The lowest BCUT2D eigenvalue weighted by Gasteiger charge is -2.26. The van der Waals surface area contributed by atoms with E-state index in [9.17, 15) is 0 Å². The third-order valence-electron chi connectivity index (χ3n) is 5.61. The normalized spacial score (nSPS) is 15.0. The zero-order valence-electron chi connectivity index (χ0n) is 20.5. The van der Waals surface area contributed by atoms with Gasteiger partial charge in [-0.05, 0) is 67.2 Å². The van der Waals surface area contributed by atoms with E-state index in [-0.39, 0.29) is 0 Å². The van der Waals surface area contributed by atoms with Crippen molar-refractivity contribution in [3.05, 3.63) is 102 Å². The van der Waals surface area contributed by atoms with Gasteiger partial charge >= 0.3 is 0 Å². The monoisotopic (exact) mass is 477 g/mol. The molecule has 182 valence electrons. The summed E-state index contributed by atoms with van der Waals surface area (Å²) >= 11 is 1.80. The molecule has 1 saturated heterocycles. The summed E-state index contributed by atoms with van der Waals surface area (Å²) in [6.45, 7) is 14.9. The molecule has 3 rings (SSSR count). The topological polar surface area (TPSA) is 27.7 Å². The molecule has 0 aliphatic carbocycles. The molecule has 4 nitrogen and oxygen atoms in total. The minimum Gasteiger partial charge on any atom is -0.379 e. The number of hydrogen-bond acceptors (Lipinski definition) is 5. The molecule has 1 aliphatic heterocycles. The van der Waals surface area contributed by atoms with E-state index in [1.54, 1.807) is 11.9 Å². The van der Waals surface area contributed by atoms with E-state index in [2.05, 4.69) is 87.9 Å². The quantitative estimate of drug-likeness (QED) is 0.214. The highest BCUT2D eigenvalue weighted by Crippen LogP contribution is 2.26. The highest BCUT2D eigenvalue weighted by atomic mass is 32.2. The molecule has 1 aliphatic rings. The van der Waals surface area contributed by atoms with Gasteiger partial charge in [-0.2, -0.15) is 0 Å². The lowest BCUT2D eigenvalue weighted by molar-refractivity contribution is 0.0374. The van der Waals surface area contributed by atoms with Crippen molar-refractivity contribution >= 4 is 11.9 Å². The van der Waals surface area contributed by atoms with Crippen molar-refractivity contribution in [3.63, 3.8) is 0 Å². The number of ether oxygens (including phenoxy) is 1. The molecule has 1 heterocycles. The van der Waals surface area contributed by atoms with E-state index >= 15 is 0 Å². The number of hydrogen-bond donors (Lipinski definition) is 1. The highest BCUT2D eigenvalue weighted by molar-refractivity contribution is 7.97. The molecule has 0 saturated carbocycles. The Morgan fingerprint density at radius 3 is 2.68 bits per heavy atom. The highest BCUT2D eigenvalue weighted by Gasteiger charge is 2.11. The van der Waals surface area contributed by atoms with Gasteiger partial charge < -0.3 is 10.1 Å². The van der Waals surface area contributed by atoms with Gasteiger partial charge in [0.1, 0.15) is 0 Å². The maximum Gasteiger partial charge on any atom is 0.0594 e. The van der Waals surface area contributed by atoms with Gasteiger partial charge in [0, 0.05) is 37.6 Å². The average Bonchev–Trinajstić information content (AvgIpc) is 2.85. The zero-order chi connectivity index (χ0) is 23.8. The Morgan fingerprint density at radius 2 is 1.88 bits per heavy atom. The van der Waals surface area contributed by atoms with E-state index in [1.807, 2.05) is 19.1 Å². The second kappa shape index (κ2) is 15.7. The van der Waals surface area contributed by atoms with Crippen LogP contribution < -0.4 is 5.32 Å². The van der Waals surface area contributed by atoms with Crippen molar-refractivity contribution in [2.45, 2.75) is 31.3 Å². The lowest BCUT2D eigenvalue weighted by Crippen LogP contribution is -2.37. The summed E-state index contributed by atoms with van der Waals surface area (Å²) in [4.78, 5) is 3.75. The first kappa shape index (κ1) is 26.5. The van der Waals surface area contributed by atoms with Gasteiger partial charge in [0.2, 0.25) is 0 Å². The van der Waals surface area contributed by atoms with E-state index in [4.69, 9.17) is 4.74 Å². The van der Waals surface area contributed by atoms with E-state index in [0.717, 1.165) is 64.6 Å². The molecular formula is C29H39N3OS. The summed E-state index contributed by atoms with van der Waals surface area (Å²) in [6, 6.07) is 19.5. The smallest absolute Gasteiger partial charge is 0.0594 e. The van der Waals surface area contributed by atoms with Crippen molar-refractivity contribution in [3.8, 4) is 0 Å². The fraction of sp³-hybridized carbons (Fsp3) is 0.379. The Kier molecular flexibility index (Phi) is 12.2. The largest absolute Gasteiger partial charge is 0.379 e. The van der Waals surface area contributed by atoms with Crippen LogP contribution in [0.2, 0.25) is 0 Å². The standard InChI is InChI=1S/C29H39N3OS/c1-3-4-6-11-26(2)24-32(25-27-12-7-5-8-13-27)34-29-15-9-14-28(22-29)23-30-16-10-17-31-18-20-33-21-19-31/h3-9,11-15,22,30H,2,10,16-21,23-25H2,1H3/b4-3-,11-6-. The molecule has 0 unspecified atom stereocenters. The molecule has 1 N–H and O–H groups in total. The predicted molar refractivity (Wildman–Crippen MR) is 146 cm³/mol. The number of allylic oxidation sites excluding steroid dienone is 3. The Balaban J connectivity index is 1.51. The molecular weight excluding hydrogens is 438 g/mol. The Morgan fingerprint density at radius 1 is 1.09 bits per heavy atom. The molecule has 2 aromatic carbocycles. The Bertz CT molecular complexity index is 907. The fourth-order valence-electron chi connectivity index (χ4n) is 3.84. The third kappa shape index (κ3) is 10.4. The molecule has 1 fully saturated rings. The summed E-state index contributed by atoms with van der Waals surface area (Å²) in [6.07, 6.45) is 9.39. The second-order valence-corrected chi connectivity index (χ2v) is 9.72. The van der Waals surface area contributed by atoms with Crippen molar-refractivity contribution in [2.24, 2.45) is 0 Å². The van der Waals surface area contributed by atoms with Gasteiger partial charge in [0.15, 0.2) is 0 Å². The van der Waals surface area contributed by atoms with Gasteiger partial charge in [-0.3, -0.25) is 4.90 Å². The molecule has 5 heteroatoms. The number of nitrogens with one attached hydrogen (secondary N) is 1. The predicted octanol–water partition coefficient (Wildman–Crippen LogP) is 5.70. The molecule has 0 bridgehead atoms. The molecule has 2 aromatic rings. The van der Waals surface area contributed by atoms with E-state index < -0.39 is 0 Å². The third-order valence-corrected chi connectivity index (χ3v) is 6.59. The lowest BCUT2D eigenvalue weighted by atomic mass is 10.2. The summed E-state index contributed by atoms with van der Waals surface area (Å²) in [5, 5.41) is 3.61. The molecule has 0 spiro atoms. The summed E-state index contributed by atoms with van der Waals surface area (Å²) in [5.74, 6) is 0. The van der Waals surface area contributed by atoms with Gasteiger partial charge in [-0.25, -0.2) is 4.31 Å². The minimum atomic E-state index is 0.803. The first-order valence-electron chi connectivity index (χ1n) is 12.3. The molecule has 0 amide bonds. The maximum absolute atomic E-state index is 5.43. The van der Waals surface area contributed by atoms with Crippen molar-refractivity contribution in [1.82, 2.24) is 14.5 Å². The summed E-state index contributed by atoms with van der Waals surface area (Å²) in [5.41, 5.74) is 3.72. The van der Waals surface area contributed by atoms with Crippen LogP contribution in [0.15, 0.2) is 95.9 Å². The minimum absolute atomic E-state index is 0.803. The van der Waals surface area contributed by atoms with Crippen LogP contribution >= 0.6 is 11.9 Å². The molecule has 0 aromatic heterocycles. The van der Waals surface area contributed by atoms with Crippen LogP contribution in [0.3, 0.4) is 0 Å². The number of rotatable bonds is 14. The van der Waals surface area contributed by atoms with Crippen LogP contribution in [0.25, 0.3) is 0 Å². The molecule has 0 radical (unpaired) electrons. The number of benzene rings is 2. The van der Waals surface area contributed by atoms with E-state index in [1.165, 1.54) is 22.4 Å². The van der Waals surface area contributed by atoms with Crippen molar-refractivity contribution in [1.29, 1.82) is 0 Å². The van der Waals surface area contributed by atoms with E-state index in [0.29, 0.717) is 0 Å². The van der Waals surface area contributed by atoms with Crippen molar-refractivity contribution < 1.29 is 4.74 Å². The van der Waals surface area contributed by atoms with Crippen LogP contribution in [0.5, 0.6) is 0 Å². The van der Waals surface area contributed by atoms with Crippen molar-refractivity contribution in [2.75, 3.05) is 45.9 Å². The van der Waals surface area contributed by atoms with Crippen LogP contribution in [-0.4, -0.2) is 55.1 Å². The van der Waals surface area contributed by atoms with Crippen LogP contribution in [-0.2, 0) is 17.8 Å². The zero-order valence-corrected chi connectivity index (χ0v) is 21.3. The SMILES string of the molecule is C=C(/C=C\C=C/C)CN(Cc1ccccc1)Sc1cccc(CNCCCN2CCOCC2)c1. The van der Waals surface area contributed by atoms with Gasteiger partial charge in [-0.1, -0.05) is 73.3 Å². The average molecular weight is 478 g/mol. The van der Waals surface area contributed by atoms with Crippen LogP contribution in [0.1, 0.15) is 24.5 Å². The summed E-state index contributed by atoms with van der Waals surface area (Å²) < 4.78 is 7.81. The van der Waals surface area contributed by atoms with Gasteiger partial charge in [-0.15, -0.1) is 0 Å². The Hall–Kier alpha value is -2.15. The summed E-state index contributed by atoms with van der Waals surface area (Å²) in [7, 11) is 0. The van der Waals surface area contributed by atoms with Crippen LogP contribution in [0.4, 0.5) is 0 Å². The fourth-order valence-corrected chi connectivity index (χ4v) is 4.92. The second-order valence-electron chi connectivity index (χ2n) is 8.55. The maximum atomic E-state index is 5.43. The van der Waals surface area contributed by atoms with Crippen LogP contribution in [0, 0.1) is 0 Å². The molecule has 34 heavy (non-hydrogen) atoms. The van der Waals surface area contributed by atoms with Gasteiger partial charge in [0.05, 0.1) is 13.2 Å². The Labute approximate surface area is 210 Å². The first-order chi connectivity index (χ1) is 16.7.